The highest BCUT2D eigenvalue weighted by Crippen LogP contribution is 2.61. The van der Waals surface area contributed by atoms with Crippen molar-refractivity contribution >= 4 is 33.2 Å². The first-order chi connectivity index (χ1) is 19.3. The first-order valence-corrected chi connectivity index (χ1v) is 15.1. The van der Waals surface area contributed by atoms with Gasteiger partial charge in [-0.2, -0.15) is 4.98 Å². The van der Waals surface area contributed by atoms with Crippen LogP contribution >= 0.6 is 0 Å². The molecule has 1 aromatic heterocycles. The second-order valence-electron chi connectivity index (χ2n) is 11.1. The van der Waals surface area contributed by atoms with Crippen molar-refractivity contribution < 1.29 is 40.6 Å². The number of sulfonamides is 1. The van der Waals surface area contributed by atoms with Gasteiger partial charge in [-0.05, 0) is 55.5 Å². The molecular formula is C27H32F4N4O5S. The monoisotopic (exact) mass is 600 g/mol. The van der Waals surface area contributed by atoms with Crippen molar-refractivity contribution in [2.45, 2.75) is 45.0 Å². The van der Waals surface area contributed by atoms with E-state index in [-0.39, 0.29) is 68.5 Å². The van der Waals surface area contributed by atoms with Crippen molar-refractivity contribution in [1.82, 2.24) is 4.98 Å². The van der Waals surface area contributed by atoms with Gasteiger partial charge in [0.2, 0.25) is 22.3 Å². The van der Waals surface area contributed by atoms with Crippen molar-refractivity contribution in [1.29, 1.82) is 0 Å². The van der Waals surface area contributed by atoms with Crippen LogP contribution in [-0.2, 0) is 10.0 Å². The predicted octanol–water partition coefficient (Wildman–Crippen LogP) is 4.06. The summed E-state index contributed by atoms with van der Waals surface area (Å²) in [7, 11) is -3.86. The summed E-state index contributed by atoms with van der Waals surface area (Å²) < 4.78 is 87.0. The smallest absolute Gasteiger partial charge is 0.346 e. The maximum atomic E-state index is 13.6. The largest absolute Gasteiger partial charge is 0.404 e. The lowest BCUT2D eigenvalue weighted by Crippen LogP contribution is -2.39. The van der Waals surface area contributed by atoms with E-state index in [0.29, 0.717) is 23.5 Å². The number of carbonyl (C=O) groups is 1. The van der Waals surface area contributed by atoms with Gasteiger partial charge in [0, 0.05) is 50.5 Å². The van der Waals surface area contributed by atoms with Gasteiger partial charge in [0.15, 0.2) is 0 Å². The van der Waals surface area contributed by atoms with E-state index in [1.165, 1.54) is 18.2 Å². The summed E-state index contributed by atoms with van der Waals surface area (Å²) in [6.07, 6.45) is -2.45. The molecule has 14 heteroatoms. The SMILES string of the molecule is Cc1cc(OC(=O)c2ccc(NS(=O)(=O)CCO)cc2N2CC[C@@]3(C(F)F)C[C@H]3C2)nc(N2CCC(F)(F)CC2)c1. The Morgan fingerprint density at radius 1 is 1.15 bits per heavy atom. The summed E-state index contributed by atoms with van der Waals surface area (Å²) in [5, 5.41) is 9.05. The third kappa shape index (κ3) is 6.37. The summed E-state index contributed by atoms with van der Waals surface area (Å²) in [5.74, 6) is -3.92. The number of hydrogen-bond donors (Lipinski definition) is 2. The molecule has 224 valence electrons. The summed E-state index contributed by atoms with van der Waals surface area (Å²) >= 11 is 0. The number of benzene rings is 1. The maximum absolute atomic E-state index is 13.6. The van der Waals surface area contributed by atoms with Crippen LogP contribution < -0.4 is 19.3 Å². The van der Waals surface area contributed by atoms with E-state index < -0.39 is 46.1 Å². The molecule has 3 fully saturated rings. The van der Waals surface area contributed by atoms with Gasteiger partial charge in [0.25, 0.3) is 5.92 Å². The molecule has 3 heterocycles. The number of aliphatic hydroxyl groups excluding tert-OH is 1. The fraction of sp³-hybridized carbons (Fsp3) is 0.556. The van der Waals surface area contributed by atoms with Crippen LogP contribution in [-0.4, -0.2) is 75.4 Å². The number of rotatable bonds is 9. The highest BCUT2D eigenvalue weighted by Gasteiger charge is 2.62. The molecule has 0 spiro atoms. The second kappa shape index (κ2) is 10.9. The molecular weight excluding hydrogens is 568 g/mol. The minimum Gasteiger partial charge on any atom is -0.404 e. The number of aryl methyl sites for hydroxylation is 1. The number of aromatic nitrogens is 1. The van der Waals surface area contributed by atoms with Gasteiger partial charge >= 0.3 is 5.97 Å². The molecule has 1 aromatic carbocycles. The number of fused-ring (bicyclic) bond motifs is 1. The predicted molar refractivity (Wildman–Crippen MR) is 145 cm³/mol. The number of hydrogen-bond acceptors (Lipinski definition) is 8. The Balaban J connectivity index is 1.40. The Morgan fingerprint density at radius 3 is 2.51 bits per heavy atom. The standard InChI is InChI=1S/C27H32F4N4O5S/c1-17-12-22(34-8-5-27(30,31)6-9-34)32-23(13-17)40-24(37)20-3-2-19(33-41(38,39)11-10-36)14-21(20)35-7-4-26(25(28)29)15-18(26)16-35/h2-3,12-14,18,25,33,36H,4-11,15-16H2,1H3/t18-,26+/m0/s1. The van der Waals surface area contributed by atoms with Crippen LogP contribution in [0.2, 0.25) is 0 Å². The fourth-order valence-corrected chi connectivity index (χ4v) is 6.50. The van der Waals surface area contributed by atoms with Gasteiger partial charge in [0.05, 0.1) is 29.3 Å². The number of carbonyl (C=O) groups excluding carboxylic acids is 1. The number of nitrogens with zero attached hydrogens (tertiary/aromatic N) is 3. The number of alkyl halides is 4. The van der Waals surface area contributed by atoms with Crippen molar-refractivity contribution in [3.05, 3.63) is 41.5 Å². The van der Waals surface area contributed by atoms with Crippen LogP contribution in [0, 0.1) is 18.3 Å². The molecule has 3 aliphatic rings. The minimum absolute atomic E-state index is 0.0291. The molecule has 2 aliphatic heterocycles. The van der Waals surface area contributed by atoms with E-state index in [1.54, 1.807) is 28.9 Å². The van der Waals surface area contributed by atoms with Crippen LogP contribution in [0.5, 0.6) is 5.88 Å². The van der Waals surface area contributed by atoms with Crippen LogP contribution in [0.3, 0.4) is 0 Å². The average molecular weight is 601 g/mol. The number of aliphatic hydroxyl groups is 1. The Kier molecular flexibility index (Phi) is 7.83. The van der Waals surface area contributed by atoms with E-state index in [9.17, 15) is 30.8 Å². The first-order valence-electron chi connectivity index (χ1n) is 13.4. The van der Waals surface area contributed by atoms with Gasteiger partial charge in [-0.25, -0.2) is 30.8 Å². The van der Waals surface area contributed by atoms with Crippen LogP contribution in [0.4, 0.5) is 34.8 Å². The van der Waals surface area contributed by atoms with E-state index in [1.807, 2.05) is 0 Å². The van der Waals surface area contributed by atoms with E-state index in [2.05, 4.69) is 9.71 Å². The molecule has 0 bridgehead atoms. The topological polar surface area (TPSA) is 112 Å². The molecule has 0 amide bonds. The molecule has 1 saturated carbocycles. The molecule has 5 rings (SSSR count). The number of pyridine rings is 1. The van der Waals surface area contributed by atoms with E-state index in [4.69, 9.17) is 9.84 Å². The quantitative estimate of drug-likeness (QED) is 0.328. The molecule has 41 heavy (non-hydrogen) atoms. The minimum atomic E-state index is -3.86. The maximum Gasteiger partial charge on any atom is 0.346 e. The zero-order valence-electron chi connectivity index (χ0n) is 22.5. The summed E-state index contributed by atoms with van der Waals surface area (Å²) in [4.78, 5) is 21.3. The molecule has 9 nitrogen and oxygen atoms in total. The zero-order valence-corrected chi connectivity index (χ0v) is 23.3. The molecule has 2 atom stereocenters. The molecule has 0 radical (unpaired) electrons. The zero-order chi connectivity index (χ0) is 29.6. The fourth-order valence-electron chi connectivity index (χ4n) is 5.67. The highest BCUT2D eigenvalue weighted by molar-refractivity contribution is 7.92. The van der Waals surface area contributed by atoms with Crippen molar-refractivity contribution in [3.63, 3.8) is 0 Å². The number of esters is 1. The molecule has 1 aliphatic carbocycles. The van der Waals surface area contributed by atoms with Gasteiger partial charge in [-0.1, -0.05) is 0 Å². The number of ether oxygens (including phenoxy) is 1. The van der Waals surface area contributed by atoms with E-state index in [0.717, 1.165) is 0 Å². The first kappa shape index (κ1) is 29.4. The Hall–Kier alpha value is -3.13. The molecule has 2 saturated heterocycles. The van der Waals surface area contributed by atoms with Gasteiger partial charge < -0.3 is 19.6 Å². The van der Waals surface area contributed by atoms with Gasteiger partial charge in [-0.15, -0.1) is 0 Å². The number of halogens is 4. The van der Waals surface area contributed by atoms with Crippen molar-refractivity contribution in [3.8, 4) is 5.88 Å². The Labute approximate surface area is 235 Å². The van der Waals surface area contributed by atoms with Crippen molar-refractivity contribution in [2.75, 3.05) is 53.1 Å². The van der Waals surface area contributed by atoms with Crippen molar-refractivity contribution in [2.24, 2.45) is 11.3 Å². The number of anilines is 3. The summed E-state index contributed by atoms with van der Waals surface area (Å²) in [5.41, 5.74) is 0.238. The third-order valence-corrected chi connectivity index (χ3v) is 9.41. The molecule has 2 N–H and O–H groups in total. The Morgan fingerprint density at radius 2 is 1.85 bits per heavy atom. The van der Waals surface area contributed by atoms with Gasteiger partial charge in [-0.3, -0.25) is 4.72 Å². The second-order valence-corrected chi connectivity index (χ2v) is 12.9. The van der Waals surface area contributed by atoms with E-state index >= 15 is 0 Å². The lowest BCUT2D eigenvalue weighted by molar-refractivity contribution is -0.0221. The lowest BCUT2D eigenvalue weighted by atomic mass is 9.95. The van der Waals surface area contributed by atoms with Crippen LogP contribution in [0.15, 0.2) is 30.3 Å². The lowest BCUT2D eigenvalue weighted by Gasteiger charge is -2.34. The summed E-state index contributed by atoms with van der Waals surface area (Å²) in [6, 6.07) is 7.48. The van der Waals surface area contributed by atoms with Crippen LogP contribution in [0.1, 0.15) is 41.6 Å². The molecule has 0 unspecified atom stereocenters. The summed E-state index contributed by atoms with van der Waals surface area (Å²) in [6.45, 7) is 1.89. The van der Waals surface area contributed by atoms with Crippen LogP contribution in [0.25, 0.3) is 0 Å². The number of piperidine rings is 2. The average Bonchev–Trinajstić information content (AvgIpc) is 3.63. The third-order valence-electron chi connectivity index (χ3n) is 8.14. The van der Waals surface area contributed by atoms with Gasteiger partial charge in [0.1, 0.15) is 5.82 Å². The normalized spacial score (nSPS) is 23.7. The number of nitrogens with one attached hydrogen (secondary N) is 1. The molecule has 2 aromatic rings. The highest BCUT2D eigenvalue weighted by atomic mass is 32.2. The Bertz CT molecular complexity index is 1420.